The molecular weight excluding hydrogens is 224 g/mol. The molecule has 2 heteroatoms. The smallest absolute Gasteiger partial charge is 0.0547 e. The molecule has 0 N–H and O–H groups in total. The lowest BCUT2D eigenvalue weighted by molar-refractivity contribution is 0.000174. The zero-order chi connectivity index (χ0) is 12.0. The van der Waals surface area contributed by atoms with E-state index >= 15 is 0 Å². The van der Waals surface area contributed by atoms with Crippen LogP contribution < -0.4 is 0 Å². The molecule has 2 saturated heterocycles. The van der Waals surface area contributed by atoms with E-state index in [1.165, 1.54) is 25.7 Å². The molecule has 2 aliphatic rings. The number of ether oxygens (including phenoxy) is 2. The molecule has 4 atom stereocenters. The molecule has 0 aliphatic carbocycles. The van der Waals surface area contributed by atoms with E-state index < -0.39 is 0 Å². The Morgan fingerprint density at radius 2 is 0.944 bits per heavy atom. The molecule has 0 saturated carbocycles. The van der Waals surface area contributed by atoms with Crippen molar-refractivity contribution >= 4 is 0 Å². The Labute approximate surface area is 115 Å². The Morgan fingerprint density at radius 3 is 1.11 bits per heavy atom. The van der Waals surface area contributed by atoms with Crippen molar-refractivity contribution in [3.8, 4) is 0 Å². The summed E-state index contributed by atoms with van der Waals surface area (Å²) >= 11 is 0. The Balaban J connectivity index is 0. The zero-order valence-corrected chi connectivity index (χ0v) is 11.4. The third kappa shape index (κ3) is 8.93. The SMILES string of the molecule is C.C.CC1CCC(C)OC1.CC1CCC(C)OC1. The molecule has 4 unspecified atom stereocenters. The Bertz CT molecular complexity index is 126. The van der Waals surface area contributed by atoms with Crippen LogP contribution in [0.3, 0.4) is 0 Å². The first kappa shape index (κ1) is 20.2. The summed E-state index contributed by atoms with van der Waals surface area (Å²) < 4.78 is 10.8. The summed E-state index contributed by atoms with van der Waals surface area (Å²) in [5, 5.41) is 0. The van der Waals surface area contributed by atoms with Gasteiger partial charge in [0.05, 0.1) is 12.2 Å². The maximum absolute atomic E-state index is 5.39. The molecule has 0 aromatic heterocycles. The van der Waals surface area contributed by atoms with Crippen LogP contribution in [0.25, 0.3) is 0 Å². The van der Waals surface area contributed by atoms with Gasteiger partial charge >= 0.3 is 0 Å². The van der Waals surface area contributed by atoms with Crippen LogP contribution >= 0.6 is 0 Å². The van der Waals surface area contributed by atoms with E-state index in [-0.39, 0.29) is 14.9 Å². The molecule has 0 spiro atoms. The van der Waals surface area contributed by atoms with E-state index in [2.05, 4.69) is 27.7 Å². The van der Waals surface area contributed by atoms with Crippen LogP contribution in [-0.4, -0.2) is 25.4 Å². The minimum Gasteiger partial charge on any atom is -0.378 e. The highest BCUT2D eigenvalue weighted by Crippen LogP contribution is 2.17. The molecule has 2 fully saturated rings. The molecule has 2 nitrogen and oxygen atoms in total. The van der Waals surface area contributed by atoms with Crippen LogP contribution in [0.15, 0.2) is 0 Å². The first-order valence-corrected chi connectivity index (χ1v) is 6.81. The third-order valence-electron chi connectivity index (χ3n) is 3.46. The van der Waals surface area contributed by atoms with E-state index in [1.54, 1.807) is 0 Å². The lowest BCUT2D eigenvalue weighted by atomic mass is 10.0. The van der Waals surface area contributed by atoms with Crippen molar-refractivity contribution in [1.82, 2.24) is 0 Å². The van der Waals surface area contributed by atoms with Gasteiger partial charge in [-0.25, -0.2) is 0 Å². The van der Waals surface area contributed by atoms with E-state index in [0.29, 0.717) is 12.2 Å². The standard InChI is InChI=1S/2C7H14O.2CH4/c2*1-6-3-4-7(2)8-5-6;;/h2*6-7H,3-5H2,1-2H3;2*1H4. The first-order valence-electron chi connectivity index (χ1n) is 6.81. The fourth-order valence-electron chi connectivity index (χ4n) is 2.03. The minimum atomic E-state index is 0. The van der Waals surface area contributed by atoms with Crippen molar-refractivity contribution in [3.05, 3.63) is 0 Å². The average Bonchev–Trinajstić information content (AvgIpc) is 2.28. The lowest BCUT2D eigenvalue weighted by Crippen LogP contribution is -2.21. The summed E-state index contributed by atoms with van der Waals surface area (Å²) in [4.78, 5) is 0. The second-order valence-electron chi connectivity index (χ2n) is 5.65. The fraction of sp³-hybridized carbons (Fsp3) is 1.00. The highest BCUT2D eigenvalue weighted by Gasteiger charge is 2.14. The number of hydrogen-bond donors (Lipinski definition) is 0. The summed E-state index contributed by atoms with van der Waals surface area (Å²) in [6.07, 6.45) is 6.24. The van der Waals surface area contributed by atoms with Gasteiger partial charge in [-0.15, -0.1) is 0 Å². The van der Waals surface area contributed by atoms with Crippen LogP contribution in [0.2, 0.25) is 0 Å². The summed E-state index contributed by atoms with van der Waals surface area (Å²) in [7, 11) is 0. The largest absolute Gasteiger partial charge is 0.378 e. The quantitative estimate of drug-likeness (QED) is 0.616. The maximum atomic E-state index is 5.39. The number of hydrogen-bond acceptors (Lipinski definition) is 2. The minimum absolute atomic E-state index is 0. The van der Waals surface area contributed by atoms with Gasteiger partial charge in [0, 0.05) is 13.2 Å². The maximum Gasteiger partial charge on any atom is 0.0547 e. The van der Waals surface area contributed by atoms with Crippen LogP contribution in [0.4, 0.5) is 0 Å². The van der Waals surface area contributed by atoms with Crippen LogP contribution in [0.5, 0.6) is 0 Å². The Hall–Kier alpha value is -0.0800. The summed E-state index contributed by atoms with van der Waals surface area (Å²) in [5.41, 5.74) is 0. The molecule has 0 amide bonds. The van der Waals surface area contributed by atoms with Crippen LogP contribution in [0.1, 0.15) is 68.2 Å². The first-order chi connectivity index (χ1) is 7.58. The molecule has 2 rings (SSSR count). The predicted octanol–water partition coefficient (Wildman–Crippen LogP) is 4.92. The van der Waals surface area contributed by atoms with Gasteiger partial charge in [-0.2, -0.15) is 0 Å². The summed E-state index contributed by atoms with van der Waals surface area (Å²) in [6, 6.07) is 0. The molecule has 18 heavy (non-hydrogen) atoms. The van der Waals surface area contributed by atoms with Gasteiger partial charge in [0.1, 0.15) is 0 Å². The van der Waals surface area contributed by atoms with Gasteiger partial charge in [-0.1, -0.05) is 28.7 Å². The molecule has 0 aromatic rings. The van der Waals surface area contributed by atoms with Gasteiger partial charge in [0.2, 0.25) is 0 Å². The van der Waals surface area contributed by atoms with E-state index in [4.69, 9.17) is 9.47 Å². The topological polar surface area (TPSA) is 18.5 Å². The Kier molecular flexibility index (Phi) is 12.2. The van der Waals surface area contributed by atoms with Crippen molar-refractivity contribution in [2.24, 2.45) is 11.8 Å². The monoisotopic (exact) mass is 260 g/mol. The second kappa shape index (κ2) is 10.8. The zero-order valence-electron chi connectivity index (χ0n) is 11.4. The fourth-order valence-corrected chi connectivity index (χ4v) is 2.03. The second-order valence-corrected chi connectivity index (χ2v) is 5.65. The molecule has 2 aliphatic heterocycles. The normalized spacial score (nSPS) is 35.3. The van der Waals surface area contributed by atoms with Crippen LogP contribution in [0, 0.1) is 11.8 Å². The summed E-state index contributed by atoms with van der Waals surface area (Å²) in [6.45, 7) is 10.7. The van der Waals surface area contributed by atoms with E-state index in [1.807, 2.05) is 0 Å². The van der Waals surface area contributed by atoms with Gasteiger partial charge in [0.25, 0.3) is 0 Å². The van der Waals surface area contributed by atoms with Gasteiger partial charge in [0.15, 0.2) is 0 Å². The lowest BCUT2D eigenvalue weighted by Gasteiger charge is -2.23. The van der Waals surface area contributed by atoms with Crippen molar-refractivity contribution in [2.75, 3.05) is 13.2 Å². The Morgan fingerprint density at radius 1 is 0.611 bits per heavy atom. The molecule has 0 radical (unpaired) electrons. The van der Waals surface area contributed by atoms with Crippen LogP contribution in [-0.2, 0) is 9.47 Å². The predicted molar refractivity (Wildman–Crippen MR) is 81.1 cm³/mol. The van der Waals surface area contributed by atoms with Crippen molar-refractivity contribution in [2.45, 2.75) is 80.4 Å². The van der Waals surface area contributed by atoms with E-state index in [9.17, 15) is 0 Å². The molecule has 0 bridgehead atoms. The highest BCUT2D eigenvalue weighted by atomic mass is 16.5. The summed E-state index contributed by atoms with van der Waals surface area (Å²) in [5.74, 6) is 1.59. The third-order valence-corrected chi connectivity index (χ3v) is 3.46. The van der Waals surface area contributed by atoms with E-state index in [0.717, 1.165) is 25.0 Å². The van der Waals surface area contributed by atoms with Gasteiger partial charge in [-0.3, -0.25) is 0 Å². The van der Waals surface area contributed by atoms with Crippen molar-refractivity contribution in [1.29, 1.82) is 0 Å². The molecular formula is C16H36O2. The highest BCUT2D eigenvalue weighted by molar-refractivity contribution is 4.63. The molecule has 2 heterocycles. The van der Waals surface area contributed by atoms with Gasteiger partial charge < -0.3 is 9.47 Å². The molecule has 0 aromatic carbocycles. The average molecular weight is 260 g/mol. The number of rotatable bonds is 0. The van der Waals surface area contributed by atoms with Crippen molar-refractivity contribution < 1.29 is 9.47 Å². The van der Waals surface area contributed by atoms with Gasteiger partial charge in [-0.05, 0) is 51.4 Å². The molecule has 112 valence electrons. The van der Waals surface area contributed by atoms with Crippen molar-refractivity contribution in [3.63, 3.8) is 0 Å².